The standard InChI is InChI=1S/C14H18N4/c1-11(2)8-16-10-13-5-7-17-14(18-13)12-4-3-6-15-9-12/h3-7,9,11,16H,8,10H2,1-2H3. The van der Waals surface area contributed by atoms with E-state index in [9.17, 15) is 0 Å². The number of hydrogen-bond acceptors (Lipinski definition) is 4. The van der Waals surface area contributed by atoms with Gasteiger partial charge in [-0.25, -0.2) is 9.97 Å². The first-order chi connectivity index (χ1) is 8.75. The van der Waals surface area contributed by atoms with Crippen molar-refractivity contribution in [2.45, 2.75) is 20.4 Å². The Labute approximate surface area is 108 Å². The molecule has 2 aromatic heterocycles. The zero-order valence-corrected chi connectivity index (χ0v) is 10.8. The Bertz CT molecular complexity index is 482. The van der Waals surface area contributed by atoms with Crippen molar-refractivity contribution in [3.63, 3.8) is 0 Å². The van der Waals surface area contributed by atoms with Gasteiger partial charge in [-0.1, -0.05) is 13.8 Å². The SMILES string of the molecule is CC(C)CNCc1ccnc(-c2cccnc2)n1. The van der Waals surface area contributed by atoms with Crippen molar-refractivity contribution in [1.29, 1.82) is 0 Å². The minimum atomic E-state index is 0.643. The van der Waals surface area contributed by atoms with Crippen molar-refractivity contribution in [2.24, 2.45) is 5.92 Å². The van der Waals surface area contributed by atoms with Crippen LogP contribution in [0.25, 0.3) is 11.4 Å². The second-order valence-corrected chi connectivity index (χ2v) is 4.64. The van der Waals surface area contributed by atoms with Crippen LogP contribution in [0.1, 0.15) is 19.5 Å². The quantitative estimate of drug-likeness (QED) is 0.874. The third kappa shape index (κ3) is 3.60. The summed E-state index contributed by atoms with van der Waals surface area (Å²) in [5.41, 5.74) is 1.95. The lowest BCUT2D eigenvalue weighted by molar-refractivity contribution is 0.548. The number of rotatable bonds is 5. The zero-order chi connectivity index (χ0) is 12.8. The molecule has 0 aliphatic heterocycles. The molecule has 4 heteroatoms. The van der Waals surface area contributed by atoms with Gasteiger partial charge in [-0.3, -0.25) is 4.98 Å². The highest BCUT2D eigenvalue weighted by Gasteiger charge is 2.02. The van der Waals surface area contributed by atoms with E-state index in [0.717, 1.165) is 30.2 Å². The fourth-order valence-corrected chi connectivity index (χ4v) is 1.62. The van der Waals surface area contributed by atoms with Gasteiger partial charge < -0.3 is 5.32 Å². The van der Waals surface area contributed by atoms with Gasteiger partial charge in [0.2, 0.25) is 0 Å². The normalized spacial score (nSPS) is 10.8. The summed E-state index contributed by atoms with van der Waals surface area (Å²) < 4.78 is 0. The molecule has 1 N–H and O–H groups in total. The Morgan fingerprint density at radius 1 is 1.22 bits per heavy atom. The summed E-state index contributed by atoms with van der Waals surface area (Å²) in [5, 5.41) is 3.37. The van der Waals surface area contributed by atoms with Gasteiger partial charge in [-0.15, -0.1) is 0 Å². The van der Waals surface area contributed by atoms with Crippen LogP contribution in [-0.4, -0.2) is 21.5 Å². The highest BCUT2D eigenvalue weighted by atomic mass is 14.9. The Hall–Kier alpha value is -1.81. The van der Waals surface area contributed by atoms with Gasteiger partial charge in [0.25, 0.3) is 0 Å². The second-order valence-electron chi connectivity index (χ2n) is 4.64. The lowest BCUT2D eigenvalue weighted by atomic mass is 10.2. The van der Waals surface area contributed by atoms with E-state index in [2.05, 4.69) is 34.1 Å². The first-order valence-corrected chi connectivity index (χ1v) is 6.19. The van der Waals surface area contributed by atoms with E-state index in [-0.39, 0.29) is 0 Å². The summed E-state index contributed by atoms with van der Waals surface area (Å²) in [6.45, 7) is 6.14. The molecule has 0 fully saturated rings. The van der Waals surface area contributed by atoms with Crippen LogP contribution >= 0.6 is 0 Å². The number of aromatic nitrogens is 3. The molecule has 0 atom stereocenters. The van der Waals surface area contributed by atoms with Gasteiger partial charge in [-0.05, 0) is 30.7 Å². The Balaban J connectivity index is 2.06. The van der Waals surface area contributed by atoms with Crippen molar-refractivity contribution in [3.8, 4) is 11.4 Å². The van der Waals surface area contributed by atoms with Crippen LogP contribution < -0.4 is 5.32 Å². The molecule has 0 amide bonds. The third-order valence-corrected chi connectivity index (χ3v) is 2.49. The highest BCUT2D eigenvalue weighted by Crippen LogP contribution is 2.12. The van der Waals surface area contributed by atoms with E-state index < -0.39 is 0 Å². The lowest BCUT2D eigenvalue weighted by Crippen LogP contribution is -2.19. The van der Waals surface area contributed by atoms with Crippen LogP contribution in [0.2, 0.25) is 0 Å². The van der Waals surface area contributed by atoms with Gasteiger partial charge in [-0.2, -0.15) is 0 Å². The number of nitrogens with zero attached hydrogens (tertiary/aromatic N) is 3. The van der Waals surface area contributed by atoms with Crippen LogP contribution in [0.15, 0.2) is 36.8 Å². The molecule has 94 valence electrons. The molecule has 0 aromatic carbocycles. The molecule has 0 aliphatic carbocycles. The molecule has 18 heavy (non-hydrogen) atoms. The Morgan fingerprint density at radius 3 is 2.83 bits per heavy atom. The van der Waals surface area contributed by atoms with Crippen molar-refractivity contribution >= 4 is 0 Å². The minimum Gasteiger partial charge on any atom is -0.311 e. The predicted molar refractivity (Wildman–Crippen MR) is 71.8 cm³/mol. The van der Waals surface area contributed by atoms with Crippen LogP contribution in [0, 0.1) is 5.92 Å². The zero-order valence-electron chi connectivity index (χ0n) is 10.8. The van der Waals surface area contributed by atoms with E-state index in [0.29, 0.717) is 5.92 Å². The summed E-state index contributed by atoms with van der Waals surface area (Å²) in [6, 6.07) is 5.79. The summed E-state index contributed by atoms with van der Waals surface area (Å²) in [7, 11) is 0. The van der Waals surface area contributed by atoms with Crippen LogP contribution in [0.5, 0.6) is 0 Å². The van der Waals surface area contributed by atoms with Crippen LogP contribution in [0.3, 0.4) is 0 Å². The molecule has 0 bridgehead atoms. The maximum absolute atomic E-state index is 4.53. The van der Waals surface area contributed by atoms with Crippen molar-refractivity contribution < 1.29 is 0 Å². The molecule has 2 heterocycles. The number of hydrogen-bond donors (Lipinski definition) is 1. The van der Waals surface area contributed by atoms with Gasteiger partial charge in [0.15, 0.2) is 5.82 Å². The summed E-state index contributed by atoms with van der Waals surface area (Å²) >= 11 is 0. The Morgan fingerprint density at radius 2 is 2.11 bits per heavy atom. The minimum absolute atomic E-state index is 0.643. The smallest absolute Gasteiger partial charge is 0.160 e. The van der Waals surface area contributed by atoms with Crippen molar-refractivity contribution in [3.05, 3.63) is 42.5 Å². The summed E-state index contributed by atoms with van der Waals surface area (Å²) in [4.78, 5) is 12.9. The molecular weight excluding hydrogens is 224 g/mol. The van der Waals surface area contributed by atoms with Crippen molar-refractivity contribution in [1.82, 2.24) is 20.3 Å². The van der Waals surface area contributed by atoms with Crippen LogP contribution in [0.4, 0.5) is 0 Å². The monoisotopic (exact) mass is 242 g/mol. The average Bonchev–Trinajstić information content (AvgIpc) is 2.40. The molecule has 2 rings (SSSR count). The van der Waals surface area contributed by atoms with Gasteiger partial charge in [0, 0.05) is 30.7 Å². The molecule has 0 unspecified atom stereocenters. The second kappa shape index (κ2) is 6.21. The summed E-state index contributed by atoms with van der Waals surface area (Å²) in [5.74, 6) is 1.37. The molecule has 0 aliphatic rings. The molecule has 0 saturated carbocycles. The van der Waals surface area contributed by atoms with E-state index in [4.69, 9.17) is 0 Å². The van der Waals surface area contributed by atoms with Gasteiger partial charge in [0.05, 0.1) is 5.69 Å². The van der Waals surface area contributed by atoms with E-state index in [1.807, 2.05) is 18.2 Å². The average molecular weight is 242 g/mol. The molecule has 0 radical (unpaired) electrons. The summed E-state index contributed by atoms with van der Waals surface area (Å²) in [6.07, 6.45) is 5.32. The lowest BCUT2D eigenvalue weighted by Gasteiger charge is -2.07. The molecular formula is C14H18N4. The topological polar surface area (TPSA) is 50.7 Å². The third-order valence-electron chi connectivity index (χ3n) is 2.49. The van der Waals surface area contributed by atoms with Crippen LogP contribution in [-0.2, 0) is 6.54 Å². The number of nitrogens with one attached hydrogen (secondary N) is 1. The van der Waals surface area contributed by atoms with E-state index in [1.165, 1.54) is 0 Å². The fourth-order valence-electron chi connectivity index (χ4n) is 1.62. The number of pyridine rings is 1. The highest BCUT2D eigenvalue weighted by molar-refractivity contribution is 5.52. The van der Waals surface area contributed by atoms with Gasteiger partial charge in [0.1, 0.15) is 0 Å². The molecule has 0 saturated heterocycles. The van der Waals surface area contributed by atoms with Crippen molar-refractivity contribution in [2.75, 3.05) is 6.54 Å². The first-order valence-electron chi connectivity index (χ1n) is 6.19. The van der Waals surface area contributed by atoms with E-state index >= 15 is 0 Å². The first kappa shape index (κ1) is 12.6. The molecule has 2 aromatic rings. The predicted octanol–water partition coefficient (Wildman–Crippen LogP) is 2.28. The maximum Gasteiger partial charge on any atom is 0.160 e. The van der Waals surface area contributed by atoms with E-state index in [1.54, 1.807) is 18.6 Å². The Kier molecular flexibility index (Phi) is 4.36. The fraction of sp³-hybridized carbons (Fsp3) is 0.357. The molecule has 0 spiro atoms. The van der Waals surface area contributed by atoms with Gasteiger partial charge >= 0.3 is 0 Å². The maximum atomic E-state index is 4.53. The largest absolute Gasteiger partial charge is 0.311 e. The molecule has 4 nitrogen and oxygen atoms in total.